The Kier molecular flexibility index (Phi) is 3.33. The van der Waals surface area contributed by atoms with Crippen molar-refractivity contribution in [2.75, 3.05) is 0 Å². The van der Waals surface area contributed by atoms with Crippen molar-refractivity contribution < 1.29 is 0 Å². The lowest BCUT2D eigenvalue weighted by Gasteiger charge is -2.22. The number of benzene rings is 1. The molecular weight excluding hydrogens is 222 g/mol. The fourth-order valence-corrected chi connectivity index (χ4v) is 2.97. The molecule has 2 aromatic rings. The highest BCUT2D eigenvalue weighted by Crippen LogP contribution is 2.20. The molecule has 0 amide bonds. The fourth-order valence-electron chi connectivity index (χ4n) is 2.97. The van der Waals surface area contributed by atoms with Gasteiger partial charge >= 0.3 is 0 Å². The third-order valence-electron chi connectivity index (χ3n) is 4.00. The van der Waals surface area contributed by atoms with Gasteiger partial charge in [0.15, 0.2) is 0 Å². The summed E-state index contributed by atoms with van der Waals surface area (Å²) in [5.74, 6) is 0. The van der Waals surface area contributed by atoms with Gasteiger partial charge in [-0.05, 0) is 18.9 Å². The Bertz CT molecular complexity index is 524. The van der Waals surface area contributed by atoms with E-state index in [0.29, 0.717) is 6.04 Å². The molecule has 18 heavy (non-hydrogen) atoms. The molecule has 3 heteroatoms. The van der Waals surface area contributed by atoms with Crippen LogP contribution in [-0.4, -0.2) is 15.8 Å². The number of aromatic nitrogens is 2. The second kappa shape index (κ2) is 5.11. The van der Waals surface area contributed by atoms with Gasteiger partial charge in [-0.15, -0.1) is 0 Å². The van der Waals surface area contributed by atoms with E-state index in [2.05, 4.69) is 34.7 Å². The van der Waals surface area contributed by atoms with E-state index < -0.39 is 0 Å². The first-order chi connectivity index (χ1) is 8.84. The zero-order valence-corrected chi connectivity index (χ0v) is 11.0. The van der Waals surface area contributed by atoms with Gasteiger partial charge in [-0.3, -0.25) is 4.68 Å². The van der Waals surface area contributed by atoms with Crippen molar-refractivity contribution in [1.29, 1.82) is 0 Å². The number of para-hydroxylation sites is 1. The Morgan fingerprint density at radius 2 is 2.00 bits per heavy atom. The summed E-state index contributed by atoms with van der Waals surface area (Å²) in [6, 6.07) is 9.16. The van der Waals surface area contributed by atoms with Gasteiger partial charge in [0.2, 0.25) is 0 Å². The van der Waals surface area contributed by atoms with Crippen LogP contribution in [0.3, 0.4) is 0 Å². The van der Waals surface area contributed by atoms with Crippen LogP contribution >= 0.6 is 0 Å². The van der Waals surface area contributed by atoms with Crippen molar-refractivity contribution in [2.45, 2.75) is 44.7 Å². The lowest BCUT2D eigenvalue weighted by Crippen LogP contribution is -2.30. The summed E-state index contributed by atoms with van der Waals surface area (Å²) in [4.78, 5) is 0. The Hall–Kier alpha value is -1.35. The van der Waals surface area contributed by atoms with Crippen LogP contribution in [0, 0.1) is 0 Å². The number of fused-ring (bicyclic) bond motifs is 1. The van der Waals surface area contributed by atoms with Crippen molar-refractivity contribution in [2.24, 2.45) is 7.05 Å². The van der Waals surface area contributed by atoms with Crippen molar-refractivity contribution in [1.82, 2.24) is 15.1 Å². The standard InChI is InChI=1S/C15H21N3/c1-18-15-10-6-5-9-13(15)14(17-18)11-16-12-7-3-2-4-8-12/h5-6,9-10,12,16H,2-4,7-8,11H2,1H3. The quantitative estimate of drug-likeness (QED) is 0.898. The van der Waals surface area contributed by atoms with Crippen LogP contribution in [0.2, 0.25) is 0 Å². The molecule has 1 aromatic heterocycles. The van der Waals surface area contributed by atoms with E-state index in [1.165, 1.54) is 48.7 Å². The summed E-state index contributed by atoms with van der Waals surface area (Å²) in [6.07, 6.45) is 6.81. The summed E-state index contributed by atoms with van der Waals surface area (Å²) in [5, 5.41) is 9.58. The first kappa shape index (κ1) is 11.7. The molecule has 1 saturated carbocycles. The third kappa shape index (κ3) is 2.27. The van der Waals surface area contributed by atoms with Crippen LogP contribution in [0.1, 0.15) is 37.8 Å². The molecular formula is C15H21N3. The zero-order chi connectivity index (χ0) is 12.4. The van der Waals surface area contributed by atoms with Crippen molar-refractivity contribution in [3.05, 3.63) is 30.0 Å². The minimum atomic E-state index is 0.694. The summed E-state index contributed by atoms with van der Waals surface area (Å²) < 4.78 is 1.98. The maximum absolute atomic E-state index is 4.63. The van der Waals surface area contributed by atoms with Crippen LogP contribution < -0.4 is 5.32 Å². The third-order valence-corrected chi connectivity index (χ3v) is 4.00. The molecule has 0 saturated heterocycles. The van der Waals surface area contributed by atoms with E-state index in [0.717, 1.165) is 6.54 Å². The Morgan fingerprint density at radius 1 is 1.22 bits per heavy atom. The zero-order valence-electron chi connectivity index (χ0n) is 11.0. The smallest absolute Gasteiger partial charge is 0.0841 e. The lowest BCUT2D eigenvalue weighted by molar-refractivity contribution is 0.371. The minimum Gasteiger partial charge on any atom is -0.308 e. The second-order valence-corrected chi connectivity index (χ2v) is 5.30. The van der Waals surface area contributed by atoms with Crippen molar-refractivity contribution in [3.63, 3.8) is 0 Å². The number of nitrogens with zero attached hydrogens (tertiary/aromatic N) is 2. The molecule has 0 spiro atoms. The fraction of sp³-hybridized carbons (Fsp3) is 0.533. The highest BCUT2D eigenvalue weighted by molar-refractivity contribution is 5.81. The molecule has 96 valence electrons. The normalized spacial score (nSPS) is 17.4. The molecule has 1 aliphatic rings. The predicted octanol–water partition coefficient (Wildman–Crippen LogP) is 3.00. The maximum Gasteiger partial charge on any atom is 0.0841 e. The number of rotatable bonds is 3. The van der Waals surface area contributed by atoms with E-state index in [1.807, 2.05) is 11.7 Å². The van der Waals surface area contributed by atoms with Gasteiger partial charge in [-0.25, -0.2) is 0 Å². The van der Waals surface area contributed by atoms with Gasteiger partial charge in [0, 0.05) is 25.0 Å². The van der Waals surface area contributed by atoms with E-state index in [1.54, 1.807) is 0 Å². The van der Waals surface area contributed by atoms with Crippen LogP contribution in [-0.2, 0) is 13.6 Å². The SMILES string of the molecule is Cn1nc(CNC2CCCCC2)c2ccccc21. The van der Waals surface area contributed by atoms with Crippen LogP contribution in [0.15, 0.2) is 24.3 Å². The second-order valence-electron chi connectivity index (χ2n) is 5.30. The van der Waals surface area contributed by atoms with E-state index >= 15 is 0 Å². The molecule has 1 aromatic carbocycles. The summed E-state index contributed by atoms with van der Waals surface area (Å²) in [6.45, 7) is 0.895. The van der Waals surface area contributed by atoms with E-state index in [9.17, 15) is 0 Å². The molecule has 1 fully saturated rings. The monoisotopic (exact) mass is 243 g/mol. The highest BCUT2D eigenvalue weighted by Gasteiger charge is 2.14. The molecule has 0 bridgehead atoms. The highest BCUT2D eigenvalue weighted by atomic mass is 15.3. The molecule has 3 nitrogen and oxygen atoms in total. The van der Waals surface area contributed by atoms with Gasteiger partial charge in [-0.2, -0.15) is 5.10 Å². The minimum absolute atomic E-state index is 0.694. The number of hydrogen-bond acceptors (Lipinski definition) is 2. The topological polar surface area (TPSA) is 29.9 Å². The van der Waals surface area contributed by atoms with E-state index in [4.69, 9.17) is 0 Å². The Morgan fingerprint density at radius 3 is 2.83 bits per heavy atom. The predicted molar refractivity (Wildman–Crippen MR) is 74.4 cm³/mol. The largest absolute Gasteiger partial charge is 0.308 e. The Labute approximate surface area is 108 Å². The van der Waals surface area contributed by atoms with Gasteiger partial charge in [0.05, 0.1) is 11.2 Å². The number of aryl methyl sites for hydroxylation is 1. The summed E-state index contributed by atoms with van der Waals surface area (Å²) in [5.41, 5.74) is 2.40. The molecule has 0 radical (unpaired) electrons. The maximum atomic E-state index is 4.63. The number of nitrogens with one attached hydrogen (secondary N) is 1. The van der Waals surface area contributed by atoms with Crippen molar-refractivity contribution >= 4 is 10.9 Å². The van der Waals surface area contributed by atoms with Gasteiger partial charge < -0.3 is 5.32 Å². The summed E-state index contributed by atoms with van der Waals surface area (Å²) in [7, 11) is 2.02. The first-order valence-electron chi connectivity index (χ1n) is 6.98. The summed E-state index contributed by atoms with van der Waals surface area (Å²) >= 11 is 0. The van der Waals surface area contributed by atoms with Gasteiger partial charge in [0.1, 0.15) is 0 Å². The van der Waals surface area contributed by atoms with Crippen LogP contribution in [0.5, 0.6) is 0 Å². The lowest BCUT2D eigenvalue weighted by atomic mass is 9.95. The molecule has 1 aliphatic carbocycles. The molecule has 0 aliphatic heterocycles. The molecule has 3 rings (SSSR count). The van der Waals surface area contributed by atoms with Crippen LogP contribution in [0.4, 0.5) is 0 Å². The van der Waals surface area contributed by atoms with Crippen molar-refractivity contribution in [3.8, 4) is 0 Å². The Balaban J connectivity index is 1.74. The van der Waals surface area contributed by atoms with Gasteiger partial charge in [-0.1, -0.05) is 37.5 Å². The van der Waals surface area contributed by atoms with Gasteiger partial charge in [0.25, 0.3) is 0 Å². The molecule has 1 heterocycles. The first-order valence-corrected chi connectivity index (χ1v) is 6.98. The van der Waals surface area contributed by atoms with Crippen LogP contribution in [0.25, 0.3) is 10.9 Å². The van der Waals surface area contributed by atoms with E-state index in [-0.39, 0.29) is 0 Å². The average molecular weight is 243 g/mol. The molecule has 0 unspecified atom stereocenters. The number of hydrogen-bond donors (Lipinski definition) is 1. The molecule has 1 N–H and O–H groups in total. The average Bonchev–Trinajstić information content (AvgIpc) is 2.75. The molecule has 0 atom stereocenters.